The Kier molecular flexibility index (Phi) is 9.66. The Labute approximate surface area is 117 Å². The maximum atomic E-state index is 11.4. The summed E-state index contributed by atoms with van der Waals surface area (Å²) in [6.07, 6.45) is 5.48. The van der Waals surface area contributed by atoms with Gasteiger partial charge in [0.25, 0.3) is 0 Å². The molecule has 1 unspecified atom stereocenters. The Balaban J connectivity index is 3.85. The van der Waals surface area contributed by atoms with Gasteiger partial charge in [0.05, 0.1) is 6.61 Å². The van der Waals surface area contributed by atoms with Crippen molar-refractivity contribution in [1.29, 1.82) is 0 Å². The van der Waals surface area contributed by atoms with Crippen molar-refractivity contribution in [1.82, 2.24) is 0 Å². The van der Waals surface area contributed by atoms with Crippen LogP contribution >= 0.6 is 0 Å². The normalized spacial score (nSPS) is 13.1. The quantitative estimate of drug-likeness (QED) is 0.324. The summed E-state index contributed by atoms with van der Waals surface area (Å²) in [5.74, 6) is 0.413. The van der Waals surface area contributed by atoms with E-state index in [0.717, 1.165) is 38.5 Å². The molecule has 0 radical (unpaired) electrons. The molecule has 0 aliphatic carbocycles. The van der Waals surface area contributed by atoms with Gasteiger partial charge in [-0.2, -0.15) is 4.89 Å². The van der Waals surface area contributed by atoms with Crippen LogP contribution in [0.4, 0.5) is 4.79 Å². The molecule has 0 aliphatic rings. The maximum absolute atomic E-state index is 11.4. The topological polar surface area (TPSA) is 44.8 Å². The summed E-state index contributed by atoms with van der Waals surface area (Å²) < 4.78 is 5.08. The van der Waals surface area contributed by atoms with Crippen molar-refractivity contribution in [2.24, 2.45) is 5.92 Å². The van der Waals surface area contributed by atoms with E-state index >= 15 is 0 Å². The average molecular weight is 274 g/mol. The third kappa shape index (κ3) is 9.77. The second-order valence-electron chi connectivity index (χ2n) is 5.65. The van der Waals surface area contributed by atoms with Crippen molar-refractivity contribution in [2.45, 2.75) is 78.7 Å². The van der Waals surface area contributed by atoms with Crippen LogP contribution in [0.2, 0.25) is 0 Å². The van der Waals surface area contributed by atoms with Gasteiger partial charge in [0.2, 0.25) is 0 Å². The zero-order valence-corrected chi connectivity index (χ0v) is 13.2. The molecule has 1 atom stereocenters. The number of unbranched alkanes of at least 4 members (excludes halogenated alkanes) is 1. The molecule has 114 valence electrons. The van der Waals surface area contributed by atoms with Gasteiger partial charge in [-0.1, -0.05) is 46.5 Å². The SMILES string of the molecule is CCCCC(CC)COC(=O)OOC(C)(C)CCC. The molecule has 0 heterocycles. The van der Waals surface area contributed by atoms with Crippen molar-refractivity contribution in [3.63, 3.8) is 0 Å². The van der Waals surface area contributed by atoms with E-state index in [2.05, 4.69) is 20.8 Å². The molecule has 0 amide bonds. The fourth-order valence-electron chi connectivity index (χ4n) is 1.90. The van der Waals surface area contributed by atoms with Crippen LogP contribution in [0.25, 0.3) is 0 Å². The van der Waals surface area contributed by atoms with Crippen LogP contribution < -0.4 is 0 Å². The van der Waals surface area contributed by atoms with Crippen LogP contribution in [0.1, 0.15) is 73.1 Å². The van der Waals surface area contributed by atoms with Crippen molar-refractivity contribution in [3.05, 3.63) is 0 Å². The van der Waals surface area contributed by atoms with E-state index in [1.54, 1.807) is 0 Å². The number of hydrogen-bond donors (Lipinski definition) is 0. The van der Waals surface area contributed by atoms with Crippen LogP contribution in [0.3, 0.4) is 0 Å². The Morgan fingerprint density at radius 1 is 1.16 bits per heavy atom. The van der Waals surface area contributed by atoms with Crippen molar-refractivity contribution in [2.75, 3.05) is 6.61 Å². The van der Waals surface area contributed by atoms with Gasteiger partial charge in [-0.15, -0.1) is 0 Å². The van der Waals surface area contributed by atoms with Crippen molar-refractivity contribution >= 4 is 6.16 Å². The number of carbonyl (C=O) groups is 1. The Hall–Kier alpha value is -0.770. The Morgan fingerprint density at radius 3 is 2.37 bits per heavy atom. The highest BCUT2D eigenvalue weighted by atomic mass is 17.2. The number of carbonyl (C=O) groups excluding carboxylic acids is 1. The summed E-state index contributed by atoms with van der Waals surface area (Å²) in [5.41, 5.74) is -0.458. The molecule has 0 aromatic carbocycles. The lowest BCUT2D eigenvalue weighted by atomic mass is 10.0. The largest absolute Gasteiger partial charge is 0.540 e. The van der Waals surface area contributed by atoms with Gasteiger partial charge < -0.3 is 4.74 Å². The van der Waals surface area contributed by atoms with Gasteiger partial charge in [-0.3, -0.25) is 4.89 Å². The van der Waals surface area contributed by atoms with E-state index in [-0.39, 0.29) is 0 Å². The van der Waals surface area contributed by atoms with E-state index in [9.17, 15) is 4.79 Å². The molecule has 0 spiro atoms. The van der Waals surface area contributed by atoms with Crippen LogP contribution in [0.5, 0.6) is 0 Å². The molecule has 0 saturated heterocycles. The second-order valence-corrected chi connectivity index (χ2v) is 5.65. The molecule has 0 aromatic heterocycles. The highest BCUT2D eigenvalue weighted by molar-refractivity contribution is 5.58. The monoisotopic (exact) mass is 274 g/mol. The fraction of sp³-hybridized carbons (Fsp3) is 0.933. The molecule has 0 N–H and O–H groups in total. The van der Waals surface area contributed by atoms with Crippen LogP contribution in [0, 0.1) is 5.92 Å². The molecule has 0 bridgehead atoms. The van der Waals surface area contributed by atoms with Gasteiger partial charge in [0.1, 0.15) is 5.60 Å². The number of ether oxygens (including phenoxy) is 1. The predicted octanol–water partition coefficient (Wildman–Crippen LogP) is 4.87. The van der Waals surface area contributed by atoms with Crippen molar-refractivity contribution < 1.29 is 19.3 Å². The third-order valence-electron chi connectivity index (χ3n) is 3.17. The molecule has 4 nitrogen and oxygen atoms in total. The van der Waals surface area contributed by atoms with Gasteiger partial charge in [0.15, 0.2) is 0 Å². The van der Waals surface area contributed by atoms with E-state index in [1.807, 2.05) is 13.8 Å². The van der Waals surface area contributed by atoms with Gasteiger partial charge >= 0.3 is 6.16 Å². The maximum Gasteiger partial charge on any atom is 0.540 e. The molecule has 0 fully saturated rings. The van der Waals surface area contributed by atoms with E-state index < -0.39 is 11.8 Å². The lowest BCUT2D eigenvalue weighted by Crippen LogP contribution is -2.26. The minimum Gasteiger partial charge on any atom is -0.432 e. The summed E-state index contributed by atoms with van der Waals surface area (Å²) in [4.78, 5) is 21.2. The lowest BCUT2D eigenvalue weighted by Gasteiger charge is -2.21. The summed E-state index contributed by atoms with van der Waals surface area (Å²) in [6, 6.07) is 0. The Bertz CT molecular complexity index is 238. The summed E-state index contributed by atoms with van der Waals surface area (Å²) in [6.45, 7) is 10.5. The predicted molar refractivity (Wildman–Crippen MR) is 75.8 cm³/mol. The minimum atomic E-state index is -0.737. The lowest BCUT2D eigenvalue weighted by molar-refractivity contribution is -0.319. The minimum absolute atomic E-state index is 0.410. The number of hydrogen-bond acceptors (Lipinski definition) is 4. The number of rotatable bonds is 10. The second kappa shape index (κ2) is 10.1. The molecule has 0 aliphatic heterocycles. The van der Waals surface area contributed by atoms with Crippen LogP contribution in [-0.2, 0) is 14.5 Å². The first kappa shape index (κ1) is 18.2. The van der Waals surface area contributed by atoms with E-state index in [1.165, 1.54) is 0 Å². The van der Waals surface area contributed by atoms with Gasteiger partial charge in [-0.25, -0.2) is 4.79 Å². The Morgan fingerprint density at radius 2 is 1.84 bits per heavy atom. The molecule has 0 aromatic rings. The van der Waals surface area contributed by atoms with Gasteiger partial charge in [-0.05, 0) is 32.6 Å². The van der Waals surface area contributed by atoms with Crippen LogP contribution in [-0.4, -0.2) is 18.4 Å². The summed E-state index contributed by atoms with van der Waals surface area (Å²) in [7, 11) is 0. The zero-order valence-electron chi connectivity index (χ0n) is 13.2. The highest BCUT2D eigenvalue weighted by Gasteiger charge is 2.22. The van der Waals surface area contributed by atoms with Crippen LogP contribution in [0.15, 0.2) is 0 Å². The smallest absolute Gasteiger partial charge is 0.432 e. The van der Waals surface area contributed by atoms with Gasteiger partial charge in [0, 0.05) is 0 Å². The summed E-state index contributed by atoms with van der Waals surface area (Å²) in [5, 5.41) is 0. The summed E-state index contributed by atoms with van der Waals surface area (Å²) >= 11 is 0. The zero-order chi connectivity index (χ0) is 14.7. The first-order valence-electron chi connectivity index (χ1n) is 7.47. The standard InChI is InChI=1S/C15H30O4/c1-6-9-10-13(8-3)12-17-14(16)18-19-15(4,5)11-7-2/h13H,6-12H2,1-5H3. The molecular formula is C15H30O4. The third-order valence-corrected chi connectivity index (χ3v) is 3.17. The molecule has 0 saturated carbocycles. The van der Waals surface area contributed by atoms with E-state index in [0.29, 0.717) is 12.5 Å². The molecule has 4 heteroatoms. The molecule has 0 rings (SSSR count). The fourth-order valence-corrected chi connectivity index (χ4v) is 1.90. The average Bonchev–Trinajstić information content (AvgIpc) is 2.36. The first-order chi connectivity index (χ1) is 8.95. The molecule has 19 heavy (non-hydrogen) atoms. The van der Waals surface area contributed by atoms with E-state index in [4.69, 9.17) is 14.5 Å². The highest BCUT2D eigenvalue weighted by Crippen LogP contribution is 2.17. The molecular weight excluding hydrogens is 244 g/mol. The van der Waals surface area contributed by atoms with Crippen molar-refractivity contribution in [3.8, 4) is 0 Å². The first-order valence-corrected chi connectivity index (χ1v) is 7.47.